The van der Waals surface area contributed by atoms with Gasteiger partial charge >= 0.3 is 5.97 Å². The molecule has 2 unspecified atom stereocenters. The number of benzene rings is 2. The first-order valence-corrected chi connectivity index (χ1v) is 10.7. The molecular weight excluding hydrogens is 471 g/mol. The molecule has 0 saturated carbocycles. The van der Waals surface area contributed by atoms with Crippen LogP contribution in [0.15, 0.2) is 48.7 Å². The maximum Gasteiger partial charge on any atom is 0.335 e. The second-order valence-electron chi connectivity index (χ2n) is 8.14. The first kappa shape index (κ1) is 23.4. The van der Waals surface area contributed by atoms with E-state index in [9.17, 15) is 23.1 Å². The van der Waals surface area contributed by atoms with Gasteiger partial charge in [-0.1, -0.05) is 35.5 Å². The number of halogens is 3. The topological polar surface area (TPSA) is 105 Å². The highest BCUT2D eigenvalue weighted by Gasteiger charge is 2.53. The van der Waals surface area contributed by atoms with Crippen molar-refractivity contribution in [2.45, 2.75) is 36.7 Å². The first-order chi connectivity index (χ1) is 16.9. The van der Waals surface area contributed by atoms with Gasteiger partial charge in [0.1, 0.15) is 30.0 Å². The minimum absolute atomic E-state index is 0.0386. The van der Waals surface area contributed by atoms with Gasteiger partial charge in [0.2, 0.25) is 0 Å². The summed E-state index contributed by atoms with van der Waals surface area (Å²) in [4.78, 5) is 11.9. The van der Waals surface area contributed by atoms with Crippen molar-refractivity contribution in [3.8, 4) is 11.3 Å². The van der Waals surface area contributed by atoms with E-state index in [1.165, 1.54) is 18.0 Å². The summed E-state index contributed by atoms with van der Waals surface area (Å²) < 4.78 is 65.5. The number of aromatic nitrogens is 3. The van der Waals surface area contributed by atoms with E-state index in [1.54, 1.807) is 0 Å². The van der Waals surface area contributed by atoms with E-state index in [-0.39, 0.29) is 17.9 Å². The number of aliphatic carboxylic acids is 1. The van der Waals surface area contributed by atoms with Gasteiger partial charge in [0, 0.05) is 18.2 Å². The Labute approximate surface area is 197 Å². The highest BCUT2D eigenvalue weighted by Crippen LogP contribution is 2.40. The van der Waals surface area contributed by atoms with Gasteiger partial charge in [0.05, 0.1) is 12.8 Å². The SMILES string of the molecule is CO[C@H]1C(C(=O)O)O[C@@H]2COC(c3ccccc3)O[C@@H]2[C@@H]1n1cc(-c2cc(F)c(F)c(F)c2)nn1. The summed E-state index contributed by atoms with van der Waals surface area (Å²) in [5.74, 6) is -5.60. The van der Waals surface area contributed by atoms with Crippen LogP contribution in [0.1, 0.15) is 17.9 Å². The summed E-state index contributed by atoms with van der Waals surface area (Å²) in [6, 6.07) is 9.88. The number of fused-ring (bicyclic) bond motifs is 1. The van der Waals surface area contributed by atoms with Crippen molar-refractivity contribution >= 4 is 5.97 Å². The minimum atomic E-state index is -1.60. The third-order valence-corrected chi connectivity index (χ3v) is 6.03. The van der Waals surface area contributed by atoms with E-state index < -0.39 is 60.2 Å². The van der Waals surface area contributed by atoms with Crippen LogP contribution < -0.4 is 0 Å². The fourth-order valence-electron chi connectivity index (χ4n) is 4.40. The molecule has 2 saturated heterocycles. The van der Waals surface area contributed by atoms with Crippen LogP contribution in [0.4, 0.5) is 13.2 Å². The molecule has 9 nitrogen and oxygen atoms in total. The van der Waals surface area contributed by atoms with Crippen molar-refractivity contribution in [2.75, 3.05) is 13.7 Å². The Bertz CT molecular complexity index is 1200. The second-order valence-corrected chi connectivity index (χ2v) is 8.14. The number of hydrogen-bond acceptors (Lipinski definition) is 7. The van der Waals surface area contributed by atoms with E-state index in [0.29, 0.717) is 0 Å². The Hall–Kier alpha value is -3.32. The van der Waals surface area contributed by atoms with E-state index >= 15 is 0 Å². The van der Waals surface area contributed by atoms with Gasteiger partial charge in [-0.2, -0.15) is 0 Å². The Morgan fingerprint density at radius 1 is 1.14 bits per heavy atom. The number of carboxylic acid groups (broad SMARTS) is 1. The van der Waals surface area contributed by atoms with Crippen LogP contribution in [-0.4, -0.2) is 64.2 Å². The average Bonchev–Trinajstić information content (AvgIpc) is 3.35. The molecule has 1 N–H and O–H groups in total. The van der Waals surface area contributed by atoms with Gasteiger partial charge < -0.3 is 24.1 Å². The van der Waals surface area contributed by atoms with Crippen molar-refractivity contribution in [1.82, 2.24) is 15.0 Å². The van der Waals surface area contributed by atoms with Crippen LogP contribution in [0, 0.1) is 17.5 Å². The molecule has 2 fully saturated rings. The smallest absolute Gasteiger partial charge is 0.335 e. The van der Waals surface area contributed by atoms with Crippen molar-refractivity contribution in [2.24, 2.45) is 0 Å². The van der Waals surface area contributed by atoms with Gasteiger partial charge in [-0.15, -0.1) is 5.10 Å². The van der Waals surface area contributed by atoms with Gasteiger partial charge in [-0.05, 0) is 12.1 Å². The number of rotatable bonds is 5. The van der Waals surface area contributed by atoms with Crippen LogP contribution in [0.2, 0.25) is 0 Å². The zero-order valence-corrected chi connectivity index (χ0v) is 18.3. The minimum Gasteiger partial charge on any atom is -0.479 e. The lowest BCUT2D eigenvalue weighted by atomic mass is 9.91. The second kappa shape index (κ2) is 9.38. The summed E-state index contributed by atoms with van der Waals surface area (Å²) >= 11 is 0. The predicted molar refractivity (Wildman–Crippen MR) is 111 cm³/mol. The molecule has 3 heterocycles. The fourth-order valence-corrected chi connectivity index (χ4v) is 4.40. The molecule has 2 aliphatic rings. The third kappa shape index (κ3) is 4.29. The number of carbonyl (C=O) groups is 1. The van der Waals surface area contributed by atoms with Gasteiger partial charge in [0.15, 0.2) is 29.8 Å². The Balaban J connectivity index is 1.52. The van der Waals surface area contributed by atoms with Crippen molar-refractivity contribution in [1.29, 1.82) is 0 Å². The summed E-state index contributed by atoms with van der Waals surface area (Å²) in [6.07, 6.45) is -3.38. The normalized spacial score (nSPS) is 28.5. The molecule has 184 valence electrons. The maximum absolute atomic E-state index is 13.8. The maximum atomic E-state index is 13.8. The lowest BCUT2D eigenvalue weighted by Crippen LogP contribution is -2.61. The molecule has 2 aromatic carbocycles. The van der Waals surface area contributed by atoms with Crippen LogP contribution in [-0.2, 0) is 23.7 Å². The van der Waals surface area contributed by atoms with Gasteiger partial charge in [0.25, 0.3) is 0 Å². The molecule has 0 radical (unpaired) electrons. The van der Waals surface area contributed by atoms with Gasteiger partial charge in [-0.25, -0.2) is 22.6 Å². The van der Waals surface area contributed by atoms with Gasteiger partial charge in [-0.3, -0.25) is 0 Å². The number of hydrogen-bond donors (Lipinski definition) is 1. The van der Waals surface area contributed by atoms with E-state index in [0.717, 1.165) is 17.7 Å². The lowest BCUT2D eigenvalue weighted by molar-refractivity contribution is -0.316. The molecule has 0 bridgehead atoms. The molecular formula is C23H20F3N3O6. The Kier molecular flexibility index (Phi) is 6.28. The Morgan fingerprint density at radius 2 is 1.86 bits per heavy atom. The molecule has 0 amide bonds. The standard InChI is InChI=1S/C23H20F3N3O6/c1-32-20-18(29-9-15(27-28-29)12-7-13(24)17(26)14(25)8-12)19-16(34-21(20)22(30)31)10-33-23(35-19)11-5-3-2-4-6-11/h2-9,16,18-21,23H,10H2,1H3,(H,30,31)/t16-,18+,19+,20-,21?,23?/m1/s1. The third-order valence-electron chi connectivity index (χ3n) is 6.03. The Morgan fingerprint density at radius 3 is 2.51 bits per heavy atom. The first-order valence-electron chi connectivity index (χ1n) is 10.7. The molecule has 0 aliphatic carbocycles. The van der Waals surface area contributed by atoms with Crippen molar-refractivity contribution in [3.63, 3.8) is 0 Å². The number of nitrogens with zero attached hydrogens (tertiary/aromatic N) is 3. The molecule has 3 aromatic rings. The van der Waals surface area contributed by atoms with E-state index in [1.807, 2.05) is 30.3 Å². The molecule has 2 aliphatic heterocycles. The zero-order valence-electron chi connectivity index (χ0n) is 18.3. The quantitative estimate of drug-likeness (QED) is 0.544. The molecule has 1 aromatic heterocycles. The predicted octanol–water partition coefficient (Wildman–Crippen LogP) is 2.88. The summed E-state index contributed by atoms with van der Waals surface area (Å²) in [6.45, 7) is 0.0386. The molecule has 35 heavy (non-hydrogen) atoms. The summed E-state index contributed by atoms with van der Waals surface area (Å²) in [5.41, 5.74) is 0.741. The highest BCUT2D eigenvalue weighted by molar-refractivity contribution is 5.73. The molecule has 0 spiro atoms. The molecule has 6 atom stereocenters. The zero-order chi connectivity index (χ0) is 24.7. The van der Waals surface area contributed by atoms with E-state index in [4.69, 9.17) is 18.9 Å². The van der Waals surface area contributed by atoms with Crippen LogP contribution in [0.5, 0.6) is 0 Å². The molecule has 5 rings (SSSR count). The van der Waals surface area contributed by atoms with Crippen LogP contribution >= 0.6 is 0 Å². The average molecular weight is 491 g/mol. The fraction of sp³-hybridized carbons (Fsp3) is 0.348. The molecule has 12 heteroatoms. The van der Waals surface area contributed by atoms with Crippen molar-refractivity contribution < 1.29 is 42.0 Å². The summed E-state index contributed by atoms with van der Waals surface area (Å²) in [7, 11) is 1.33. The van der Waals surface area contributed by atoms with Crippen LogP contribution in [0.3, 0.4) is 0 Å². The lowest BCUT2D eigenvalue weighted by Gasteiger charge is -2.48. The number of ether oxygens (including phenoxy) is 4. The number of methoxy groups -OCH3 is 1. The highest BCUT2D eigenvalue weighted by atomic mass is 19.2. The van der Waals surface area contributed by atoms with Crippen LogP contribution in [0.25, 0.3) is 11.3 Å². The summed E-state index contributed by atoms with van der Waals surface area (Å²) in [5, 5.41) is 17.8. The van der Waals surface area contributed by atoms with Crippen molar-refractivity contribution in [3.05, 3.63) is 71.7 Å². The largest absolute Gasteiger partial charge is 0.479 e. The number of carboxylic acids is 1. The van der Waals surface area contributed by atoms with E-state index in [2.05, 4.69) is 10.3 Å². The monoisotopic (exact) mass is 491 g/mol.